The van der Waals surface area contributed by atoms with Crippen LogP contribution >= 0.6 is 0 Å². The quantitative estimate of drug-likeness (QED) is 0.847. The van der Waals surface area contributed by atoms with Gasteiger partial charge in [-0.25, -0.2) is 0 Å². The predicted molar refractivity (Wildman–Crippen MR) is 88.4 cm³/mol. The van der Waals surface area contributed by atoms with Crippen LogP contribution in [-0.2, 0) is 19.9 Å². The van der Waals surface area contributed by atoms with Gasteiger partial charge in [0.05, 0.1) is 5.69 Å². The number of aromatic nitrogens is 2. The molecular formula is C18H27N3. The molecule has 1 unspecified atom stereocenters. The van der Waals surface area contributed by atoms with Gasteiger partial charge in [-0.1, -0.05) is 43.7 Å². The minimum atomic E-state index is 0.522. The van der Waals surface area contributed by atoms with E-state index >= 15 is 0 Å². The molecule has 0 saturated heterocycles. The molecule has 1 aromatic carbocycles. The molecule has 0 bridgehead atoms. The van der Waals surface area contributed by atoms with Crippen molar-refractivity contribution in [3.63, 3.8) is 0 Å². The van der Waals surface area contributed by atoms with E-state index in [1.807, 2.05) is 17.9 Å². The summed E-state index contributed by atoms with van der Waals surface area (Å²) in [5.41, 5.74) is 3.91. The van der Waals surface area contributed by atoms with E-state index in [-0.39, 0.29) is 0 Å². The van der Waals surface area contributed by atoms with E-state index in [9.17, 15) is 0 Å². The molecule has 21 heavy (non-hydrogen) atoms. The molecule has 0 aliphatic heterocycles. The molecule has 0 spiro atoms. The van der Waals surface area contributed by atoms with Crippen molar-refractivity contribution in [1.29, 1.82) is 0 Å². The maximum Gasteiger partial charge on any atom is 0.0627 e. The number of benzene rings is 1. The lowest BCUT2D eigenvalue weighted by Gasteiger charge is -2.19. The summed E-state index contributed by atoms with van der Waals surface area (Å²) in [6, 6.07) is 11.5. The van der Waals surface area contributed by atoms with E-state index in [0.29, 0.717) is 12.0 Å². The number of nitrogens with zero attached hydrogens (tertiary/aromatic N) is 2. The molecule has 0 aliphatic carbocycles. The van der Waals surface area contributed by atoms with Gasteiger partial charge in [0, 0.05) is 19.3 Å². The van der Waals surface area contributed by atoms with Gasteiger partial charge in [-0.15, -0.1) is 0 Å². The highest BCUT2D eigenvalue weighted by Crippen LogP contribution is 2.14. The number of rotatable bonds is 7. The summed E-state index contributed by atoms with van der Waals surface area (Å²) in [5, 5.41) is 8.09. The molecule has 3 nitrogen and oxygen atoms in total. The molecule has 2 aromatic rings. The standard InChI is InChI=1S/C18H27N3/c1-14(2)19-13-17(12-18-9-10-21(4)20-18)11-16-7-5-15(3)6-8-16/h5-10,14,17,19H,11-13H2,1-4H3. The number of nitrogens with one attached hydrogen (secondary N) is 1. The van der Waals surface area contributed by atoms with Crippen molar-refractivity contribution >= 4 is 0 Å². The second-order valence-electron chi connectivity index (χ2n) is 6.30. The monoisotopic (exact) mass is 285 g/mol. The molecule has 1 aromatic heterocycles. The van der Waals surface area contributed by atoms with E-state index < -0.39 is 0 Å². The minimum absolute atomic E-state index is 0.522. The lowest BCUT2D eigenvalue weighted by Crippen LogP contribution is -2.31. The maximum absolute atomic E-state index is 4.52. The van der Waals surface area contributed by atoms with Gasteiger partial charge in [0.1, 0.15) is 0 Å². The number of hydrogen-bond acceptors (Lipinski definition) is 2. The fraction of sp³-hybridized carbons (Fsp3) is 0.500. The summed E-state index contributed by atoms with van der Waals surface area (Å²) in [5.74, 6) is 0.574. The van der Waals surface area contributed by atoms with Crippen LogP contribution in [0, 0.1) is 12.8 Å². The van der Waals surface area contributed by atoms with Gasteiger partial charge in [0.15, 0.2) is 0 Å². The van der Waals surface area contributed by atoms with Gasteiger partial charge >= 0.3 is 0 Å². The Bertz CT molecular complexity index is 540. The molecule has 0 fully saturated rings. The van der Waals surface area contributed by atoms with Gasteiger partial charge < -0.3 is 5.32 Å². The van der Waals surface area contributed by atoms with Gasteiger partial charge in [-0.2, -0.15) is 5.10 Å². The second-order valence-corrected chi connectivity index (χ2v) is 6.30. The average Bonchev–Trinajstić information content (AvgIpc) is 2.84. The predicted octanol–water partition coefficient (Wildman–Crippen LogP) is 3.13. The molecule has 0 saturated carbocycles. The Morgan fingerprint density at radius 3 is 2.38 bits per heavy atom. The SMILES string of the molecule is Cc1ccc(CC(CNC(C)C)Cc2ccn(C)n2)cc1. The smallest absolute Gasteiger partial charge is 0.0627 e. The summed E-state index contributed by atoms with van der Waals surface area (Å²) in [6.45, 7) is 7.56. The molecule has 1 heterocycles. The van der Waals surface area contributed by atoms with Crippen LogP contribution in [0.4, 0.5) is 0 Å². The molecule has 1 atom stereocenters. The molecule has 0 aliphatic rings. The molecular weight excluding hydrogens is 258 g/mol. The van der Waals surface area contributed by atoms with E-state index in [4.69, 9.17) is 0 Å². The Morgan fingerprint density at radius 2 is 1.81 bits per heavy atom. The third-order valence-corrected chi connectivity index (χ3v) is 3.73. The first-order chi connectivity index (χ1) is 10.0. The Morgan fingerprint density at radius 1 is 1.10 bits per heavy atom. The van der Waals surface area contributed by atoms with Crippen LogP contribution in [0.3, 0.4) is 0 Å². The Hall–Kier alpha value is -1.61. The zero-order chi connectivity index (χ0) is 15.2. The third kappa shape index (κ3) is 5.35. The van der Waals surface area contributed by atoms with Crippen LogP contribution in [0.15, 0.2) is 36.5 Å². The highest BCUT2D eigenvalue weighted by Gasteiger charge is 2.13. The van der Waals surface area contributed by atoms with Crippen molar-refractivity contribution < 1.29 is 0 Å². The van der Waals surface area contributed by atoms with E-state index in [0.717, 1.165) is 19.4 Å². The van der Waals surface area contributed by atoms with Crippen molar-refractivity contribution in [3.8, 4) is 0 Å². The van der Waals surface area contributed by atoms with Crippen molar-refractivity contribution in [1.82, 2.24) is 15.1 Å². The Balaban J connectivity index is 2.02. The maximum atomic E-state index is 4.52. The van der Waals surface area contributed by atoms with Crippen LogP contribution in [-0.4, -0.2) is 22.4 Å². The van der Waals surface area contributed by atoms with Crippen LogP contribution in [0.2, 0.25) is 0 Å². The molecule has 3 heteroatoms. The largest absolute Gasteiger partial charge is 0.314 e. The first-order valence-electron chi connectivity index (χ1n) is 7.80. The molecule has 2 rings (SSSR count). The highest BCUT2D eigenvalue weighted by atomic mass is 15.2. The van der Waals surface area contributed by atoms with Gasteiger partial charge in [-0.05, 0) is 43.9 Å². The summed E-state index contributed by atoms with van der Waals surface area (Å²) in [6.07, 6.45) is 4.14. The van der Waals surface area contributed by atoms with Gasteiger partial charge in [-0.3, -0.25) is 4.68 Å². The van der Waals surface area contributed by atoms with Crippen molar-refractivity contribution in [2.24, 2.45) is 13.0 Å². The van der Waals surface area contributed by atoms with Crippen LogP contribution in [0.5, 0.6) is 0 Å². The van der Waals surface area contributed by atoms with Crippen LogP contribution in [0.1, 0.15) is 30.7 Å². The number of hydrogen-bond donors (Lipinski definition) is 1. The number of aryl methyl sites for hydroxylation is 2. The summed E-state index contributed by atoms with van der Waals surface area (Å²) in [7, 11) is 1.98. The summed E-state index contributed by atoms with van der Waals surface area (Å²) < 4.78 is 1.88. The minimum Gasteiger partial charge on any atom is -0.314 e. The second kappa shape index (κ2) is 7.41. The zero-order valence-corrected chi connectivity index (χ0v) is 13.6. The lowest BCUT2D eigenvalue weighted by atomic mass is 9.94. The zero-order valence-electron chi connectivity index (χ0n) is 13.6. The first kappa shape index (κ1) is 15.8. The highest BCUT2D eigenvalue weighted by molar-refractivity contribution is 5.22. The average molecular weight is 285 g/mol. The summed E-state index contributed by atoms with van der Waals surface area (Å²) >= 11 is 0. The fourth-order valence-corrected chi connectivity index (χ4v) is 2.54. The van der Waals surface area contributed by atoms with E-state index in [2.05, 4.69) is 61.5 Å². The third-order valence-electron chi connectivity index (χ3n) is 3.73. The topological polar surface area (TPSA) is 29.9 Å². The van der Waals surface area contributed by atoms with Crippen molar-refractivity contribution in [2.75, 3.05) is 6.54 Å². The first-order valence-corrected chi connectivity index (χ1v) is 7.80. The van der Waals surface area contributed by atoms with E-state index in [1.54, 1.807) is 0 Å². The van der Waals surface area contributed by atoms with Crippen LogP contribution in [0.25, 0.3) is 0 Å². The van der Waals surface area contributed by atoms with Crippen molar-refractivity contribution in [2.45, 2.75) is 39.7 Å². The fourth-order valence-electron chi connectivity index (χ4n) is 2.54. The van der Waals surface area contributed by atoms with E-state index in [1.165, 1.54) is 16.8 Å². The molecule has 114 valence electrons. The Labute approximate surface area is 128 Å². The lowest BCUT2D eigenvalue weighted by molar-refractivity contribution is 0.439. The molecule has 1 N–H and O–H groups in total. The molecule has 0 radical (unpaired) electrons. The van der Waals surface area contributed by atoms with Gasteiger partial charge in [0.2, 0.25) is 0 Å². The van der Waals surface area contributed by atoms with Crippen LogP contribution < -0.4 is 5.32 Å². The summed E-state index contributed by atoms with van der Waals surface area (Å²) in [4.78, 5) is 0. The Kier molecular flexibility index (Phi) is 5.57. The normalized spacial score (nSPS) is 12.8. The van der Waals surface area contributed by atoms with Crippen molar-refractivity contribution in [3.05, 3.63) is 53.3 Å². The molecule has 0 amide bonds. The van der Waals surface area contributed by atoms with Gasteiger partial charge in [0.25, 0.3) is 0 Å².